The van der Waals surface area contributed by atoms with E-state index in [4.69, 9.17) is 0 Å². The third-order valence-corrected chi connectivity index (χ3v) is 3.61. The molecule has 2 nitrogen and oxygen atoms in total. The highest BCUT2D eigenvalue weighted by Crippen LogP contribution is 2.35. The highest BCUT2D eigenvalue weighted by Gasteiger charge is 2.34. The van der Waals surface area contributed by atoms with E-state index in [2.05, 4.69) is 26.1 Å². The Kier molecular flexibility index (Phi) is 5.07. The van der Waals surface area contributed by atoms with Crippen LogP contribution in [0.25, 0.3) is 0 Å². The molecule has 0 amide bonds. The molecule has 1 fully saturated rings. The van der Waals surface area contributed by atoms with Crippen molar-refractivity contribution in [3.63, 3.8) is 0 Å². The Morgan fingerprint density at radius 1 is 1.47 bits per heavy atom. The van der Waals surface area contributed by atoms with Gasteiger partial charge >= 0.3 is 0 Å². The Hall–Kier alpha value is -0.0800. The molecular weight excluding hydrogens is 186 g/mol. The molecule has 2 N–H and O–H groups in total. The van der Waals surface area contributed by atoms with E-state index in [9.17, 15) is 5.11 Å². The Balaban J connectivity index is 2.51. The summed E-state index contributed by atoms with van der Waals surface area (Å²) in [6.07, 6.45) is 6.24. The molecule has 0 aromatic carbocycles. The number of likely N-dealkylation sites (N-methyl/N-ethyl adjacent to an activating group) is 1. The van der Waals surface area contributed by atoms with Crippen LogP contribution in [0.4, 0.5) is 0 Å². The number of aliphatic hydroxyl groups excluding tert-OH is 1. The Morgan fingerprint density at radius 3 is 2.73 bits per heavy atom. The predicted molar refractivity (Wildman–Crippen MR) is 64.9 cm³/mol. The summed E-state index contributed by atoms with van der Waals surface area (Å²) in [6, 6.07) is 0. The van der Waals surface area contributed by atoms with Crippen LogP contribution in [0.5, 0.6) is 0 Å². The monoisotopic (exact) mass is 213 g/mol. The fourth-order valence-electron chi connectivity index (χ4n) is 3.09. The van der Waals surface area contributed by atoms with Crippen molar-refractivity contribution in [2.24, 2.45) is 11.8 Å². The normalized spacial score (nSPS) is 32.2. The third kappa shape index (κ3) is 3.76. The minimum atomic E-state index is 0.0343. The first-order valence-corrected chi connectivity index (χ1v) is 6.48. The topological polar surface area (TPSA) is 32.3 Å². The van der Waals surface area contributed by atoms with E-state index in [1.807, 2.05) is 0 Å². The average Bonchev–Trinajstić information content (AvgIpc) is 2.17. The fraction of sp³-hybridized carbons (Fsp3) is 1.00. The first kappa shape index (κ1) is 13.0. The largest absolute Gasteiger partial charge is 0.394 e. The maximum Gasteiger partial charge on any atom is 0.0613 e. The van der Waals surface area contributed by atoms with Crippen LogP contribution in [0.15, 0.2) is 0 Å². The highest BCUT2D eigenvalue weighted by atomic mass is 16.3. The van der Waals surface area contributed by atoms with Crippen LogP contribution < -0.4 is 5.32 Å². The van der Waals surface area contributed by atoms with Gasteiger partial charge in [0, 0.05) is 5.54 Å². The maximum absolute atomic E-state index is 9.56. The summed E-state index contributed by atoms with van der Waals surface area (Å²) in [5.74, 6) is 1.59. The molecule has 2 heteroatoms. The number of hydrogen-bond acceptors (Lipinski definition) is 2. The lowest BCUT2D eigenvalue weighted by Gasteiger charge is -2.41. The molecule has 0 heterocycles. The summed E-state index contributed by atoms with van der Waals surface area (Å²) in [5.41, 5.74) is 0.0343. The van der Waals surface area contributed by atoms with Crippen LogP contribution in [0.3, 0.4) is 0 Å². The molecule has 0 aromatic rings. The van der Waals surface area contributed by atoms with Crippen LogP contribution in [-0.2, 0) is 0 Å². The van der Waals surface area contributed by atoms with Gasteiger partial charge in [0.15, 0.2) is 0 Å². The molecule has 1 rings (SSSR count). The quantitative estimate of drug-likeness (QED) is 0.735. The maximum atomic E-state index is 9.56. The number of nitrogens with one attached hydrogen (secondary N) is 1. The van der Waals surface area contributed by atoms with E-state index < -0.39 is 0 Å². The molecule has 0 aliphatic heterocycles. The van der Waals surface area contributed by atoms with E-state index in [1.165, 1.54) is 19.3 Å². The molecule has 1 aliphatic rings. The number of rotatable bonds is 5. The Bertz CT molecular complexity index is 177. The molecule has 1 saturated carbocycles. The molecule has 90 valence electrons. The van der Waals surface area contributed by atoms with Crippen molar-refractivity contribution in [1.29, 1.82) is 0 Å². The summed E-state index contributed by atoms with van der Waals surface area (Å²) in [7, 11) is 0. The van der Waals surface area contributed by atoms with Gasteiger partial charge in [-0.3, -0.25) is 0 Å². The summed E-state index contributed by atoms with van der Waals surface area (Å²) in [6.45, 7) is 7.98. The molecule has 2 atom stereocenters. The van der Waals surface area contributed by atoms with Gasteiger partial charge in [-0.15, -0.1) is 0 Å². The van der Waals surface area contributed by atoms with Gasteiger partial charge in [0.25, 0.3) is 0 Å². The lowest BCUT2D eigenvalue weighted by atomic mass is 9.73. The van der Waals surface area contributed by atoms with Gasteiger partial charge in [-0.25, -0.2) is 0 Å². The van der Waals surface area contributed by atoms with Gasteiger partial charge in [-0.05, 0) is 37.6 Å². The molecule has 1 aliphatic carbocycles. The van der Waals surface area contributed by atoms with Crippen LogP contribution in [-0.4, -0.2) is 23.8 Å². The summed E-state index contributed by atoms with van der Waals surface area (Å²) < 4.78 is 0. The van der Waals surface area contributed by atoms with E-state index in [-0.39, 0.29) is 5.54 Å². The highest BCUT2D eigenvalue weighted by molar-refractivity contribution is 4.93. The zero-order valence-corrected chi connectivity index (χ0v) is 10.6. The van der Waals surface area contributed by atoms with E-state index >= 15 is 0 Å². The summed E-state index contributed by atoms with van der Waals surface area (Å²) in [5, 5.41) is 13.1. The molecule has 0 spiro atoms. The lowest BCUT2D eigenvalue weighted by molar-refractivity contribution is 0.0905. The smallest absolute Gasteiger partial charge is 0.0613 e. The van der Waals surface area contributed by atoms with Crippen molar-refractivity contribution in [3.8, 4) is 0 Å². The van der Waals surface area contributed by atoms with Crippen LogP contribution in [0.1, 0.15) is 52.9 Å². The van der Waals surface area contributed by atoms with E-state index in [0.29, 0.717) is 6.61 Å². The standard InChI is InChI=1S/C13H27NO/c1-4-14-13(10-15)7-5-6-12(9-13)8-11(2)3/h11-12,14-15H,4-10H2,1-3H3. The van der Waals surface area contributed by atoms with E-state index in [1.54, 1.807) is 0 Å². The minimum Gasteiger partial charge on any atom is -0.394 e. The zero-order valence-electron chi connectivity index (χ0n) is 10.6. The second kappa shape index (κ2) is 5.86. The fourth-order valence-corrected chi connectivity index (χ4v) is 3.09. The second-order valence-corrected chi connectivity index (χ2v) is 5.56. The molecular formula is C13H27NO. The average molecular weight is 213 g/mol. The minimum absolute atomic E-state index is 0.0343. The van der Waals surface area contributed by atoms with Gasteiger partial charge in [0.1, 0.15) is 0 Å². The lowest BCUT2D eigenvalue weighted by Crippen LogP contribution is -2.51. The first-order valence-electron chi connectivity index (χ1n) is 6.48. The Labute approximate surface area is 94.5 Å². The van der Waals surface area contributed by atoms with Crippen molar-refractivity contribution in [3.05, 3.63) is 0 Å². The van der Waals surface area contributed by atoms with Crippen molar-refractivity contribution in [2.45, 2.75) is 58.4 Å². The van der Waals surface area contributed by atoms with Crippen LogP contribution in [0.2, 0.25) is 0 Å². The zero-order chi connectivity index (χ0) is 11.3. The third-order valence-electron chi connectivity index (χ3n) is 3.61. The molecule has 0 aromatic heterocycles. The predicted octanol–water partition coefficient (Wildman–Crippen LogP) is 2.56. The van der Waals surface area contributed by atoms with Crippen LogP contribution in [0, 0.1) is 11.8 Å². The first-order chi connectivity index (χ1) is 7.12. The van der Waals surface area contributed by atoms with Gasteiger partial charge in [0.05, 0.1) is 6.61 Å². The van der Waals surface area contributed by atoms with Gasteiger partial charge in [-0.2, -0.15) is 0 Å². The van der Waals surface area contributed by atoms with Gasteiger partial charge in [-0.1, -0.05) is 33.6 Å². The Morgan fingerprint density at radius 2 is 2.20 bits per heavy atom. The summed E-state index contributed by atoms with van der Waals surface area (Å²) >= 11 is 0. The number of hydrogen-bond donors (Lipinski definition) is 2. The van der Waals surface area contributed by atoms with Gasteiger partial charge < -0.3 is 10.4 Å². The second-order valence-electron chi connectivity index (χ2n) is 5.56. The molecule has 2 unspecified atom stereocenters. The molecule has 15 heavy (non-hydrogen) atoms. The van der Waals surface area contributed by atoms with E-state index in [0.717, 1.165) is 31.2 Å². The summed E-state index contributed by atoms with van der Waals surface area (Å²) in [4.78, 5) is 0. The number of aliphatic hydroxyl groups is 1. The molecule has 0 bridgehead atoms. The van der Waals surface area contributed by atoms with Crippen molar-refractivity contribution >= 4 is 0 Å². The SMILES string of the molecule is CCNC1(CO)CCCC(CC(C)C)C1. The van der Waals surface area contributed by atoms with Gasteiger partial charge in [0.2, 0.25) is 0 Å². The van der Waals surface area contributed by atoms with Crippen LogP contribution >= 0.6 is 0 Å². The van der Waals surface area contributed by atoms with Crippen molar-refractivity contribution in [1.82, 2.24) is 5.32 Å². The van der Waals surface area contributed by atoms with Crippen molar-refractivity contribution < 1.29 is 5.11 Å². The van der Waals surface area contributed by atoms with Crippen molar-refractivity contribution in [2.75, 3.05) is 13.2 Å². The molecule has 0 saturated heterocycles. The molecule has 0 radical (unpaired) electrons.